The molecule has 0 radical (unpaired) electrons. The van der Waals surface area contributed by atoms with Crippen molar-refractivity contribution in [1.82, 2.24) is 5.32 Å². The third-order valence-corrected chi connectivity index (χ3v) is 9.34. The van der Waals surface area contributed by atoms with E-state index in [0.29, 0.717) is 45.2 Å². The van der Waals surface area contributed by atoms with Crippen LogP contribution in [0.4, 0.5) is 0 Å². The van der Waals surface area contributed by atoms with E-state index < -0.39 is 18.0 Å². The molecule has 0 aliphatic heterocycles. The maximum absolute atomic E-state index is 14.0. The van der Waals surface area contributed by atoms with Gasteiger partial charge in [-0.25, -0.2) is 0 Å². The van der Waals surface area contributed by atoms with Crippen LogP contribution in [-0.4, -0.2) is 54.6 Å². The highest BCUT2D eigenvalue weighted by atomic mass is 16.2. The summed E-state index contributed by atoms with van der Waals surface area (Å²) in [6, 6.07) is 34.4. The zero-order valence-corrected chi connectivity index (χ0v) is 30.9. The van der Waals surface area contributed by atoms with Gasteiger partial charge in [0.2, 0.25) is 5.91 Å². The van der Waals surface area contributed by atoms with Gasteiger partial charge in [-0.3, -0.25) is 24.4 Å². The Morgan fingerprint density at radius 2 is 1.04 bits per heavy atom. The molecule has 0 aliphatic rings. The van der Waals surface area contributed by atoms with Gasteiger partial charge in [0.1, 0.15) is 0 Å². The highest BCUT2D eigenvalue weighted by molar-refractivity contribution is 5.93. The number of hydrogen-bond donors (Lipinski definition) is 6. The minimum atomic E-state index is -0.805. The van der Waals surface area contributed by atoms with Gasteiger partial charge < -0.3 is 34.0 Å². The fourth-order valence-corrected chi connectivity index (χ4v) is 6.30. The third kappa shape index (κ3) is 14.0. The SMILES string of the molecule is NC(N)=NCCCCCC(=O)[C@@H](Cc1ccc(-c2ccccc2)cc1)NC(=O)[C@@H](CCCN=C(N)N)CC(=O)[C@H](N)Cc1ccc(-c2ccccc2)cc1. The van der Waals surface area contributed by atoms with E-state index in [4.69, 9.17) is 28.7 Å². The third-order valence-electron chi connectivity index (χ3n) is 9.34. The Labute approximate surface area is 318 Å². The molecule has 0 bridgehead atoms. The minimum absolute atomic E-state index is 0.0388. The lowest BCUT2D eigenvalue weighted by Gasteiger charge is -2.23. The van der Waals surface area contributed by atoms with Gasteiger partial charge in [-0.2, -0.15) is 0 Å². The zero-order chi connectivity index (χ0) is 38.7. The van der Waals surface area contributed by atoms with Crippen LogP contribution in [0.2, 0.25) is 0 Å². The van der Waals surface area contributed by atoms with E-state index >= 15 is 0 Å². The van der Waals surface area contributed by atoms with Gasteiger partial charge in [0.15, 0.2) is 23.5 Å². The summed E-state index contributed by atoms with van der Waals surface area (Å²) >= 11 is 0. The summed E-state index contributed by atoms with van der Waals surface area (Å²) in [5.74, 6) is -1.43. The summed E-state index contributed by atoms with van der Waals surface area (Å²) in [5.41, 5.74) is 34.5. The van der Waals surface area contributed by atoms with Crippen LogP contribution in [0.1, 0.15) is 56.1 Å². The predicted molar refractivity (Wildman–Crippen MR) is 218 cm³/mol. The number of carbonyl (C=O) groups excluding carboxylic acids is 3. The van der Waals surface area contributed by atoms with Crippen molar-refractivity contribution in [3.63, 3.8) is 0 Å². The van der Waals surface area contributed by atoms with Crippen LogP contribution in [0.5, 0.6) is 0 Å². The topological polar surface area (TPSA) is 218 Å². The van der Waals surface area contributed by atoms with Crippen LogP contribution in [0.3, 0.4) is 0 Å². The lowest BCUT2D eigenvalue weighted by molar-refractivity contribution is -0.133. The van der Waals surface area contributed by atoms with Crippen LogP contribution in [-0.2, 0) is 27.2 Å². The van der Waals surface area contributed by atoms with Crippen molar-refractivity contribution in [3.05, 3.63) is 120 Å². The van der Waals surface area contributed by atoms with Crippen LogP contribution >= 0.6 is 0 Å². The van der Waals surface area contributed by atoms with Crippen molar-refractivity contribution in [2.45, 2.75) is 69.9 Å². The van der Waals surface area contributed by atoms with Gasteiger partial charge in [0.25, 0.3) is 0 Å². The Kier molecular flexibility index (Phi) is 16.4. The average molecular weight is 731 g/mol. The fourth-order valence-electron chi connectivity index (χ4n) is 6.30. The number of rotatable bonds is 22. The second-order valence-corrected chi connectivity index (χ2v) is 13.6. The smallest absolute Gasteiger partial charge is 0.224 e. The molecule has 4 rings (SSSR count). The standard InChI is InChI=1S/C43H54N8O3/c44-37(27-30-17-21-34(22-18-30)32-11-4-1-5-12-32)40(53)29-36(15-10-26-50-43(47)48)41(54)51-38(39(52)16-8-3-9-25-49-42(45)46)28-31-19-23-35(24-20-31)33-13-6-2-7-14-33/h1-2,4-7,11-14,17-24,36-38H,3,8-10,15-16,25-29,44H2,(H,51,54)(H4,45,46,49)(H4,47,48,50)/t36-,37+,38+/m0/s1. The molecular formula is C43H54N8O3. The second-order valence-electron chi connectivity index (χ2n) is 13.6. The Bertz CT molecular complexity index is 1820. The van der Waals surface area contributed by atoms with Gasteiger partial charge in [-0.1, -0.05) is 116 Å². The van der Waals surface area contributed by atoms with E-state index in [2.05, 4.69) is 15.3 Å². The molecule has 54 heavy (non-hydrogen) atoms. The Morgan fingerprint density at radius 3 is 1.56 bits per heavy atom. The quantitative estimate of drug-likeness (QED) is 0.0379. The fraction of sp³-hybridized carbons (Fsp3) is 0.326. The molecular weight excluding hydrogens is 677 g/mol. The number of guanidine groups is 2. The van der Waals surface area contributed by atoms with Crippen molar-refractivity contribution in [2.24, 2.45) is 44.6 Å². The largest absolute Gasteiger partial charge is 0.370 e. The average Bonchev–Trinajstić information content (AvgIpc) is 3.18. The molecule has 0 fully saturated rings. The lowest BCUT2D eigenvalue weighted by Crippen LogP contribution is -2.46. The number of aliphatic imine (C=N–C) groups is 2. The maximum atomic E-state index is 14.0. The molecule has 11 nitrogen and oxygen atoms in total. The van der Waals surface area contributed by atoms with E-state index in [1.807, 2.05) is 109 Å². The molecule has 1 amide bonds. The van der Waals surface area contributed by atoms with Crippen LogP contribution < -0.4 is 34.0 Å². The monoisotopic (exact) mass is 730 g/mol. The summed E-state index contributed by atoms with van der Waals surface area (Å²) in [7, 11) is 0. The van der Waals surface area contributed by atoms with E-state index in [-0.39, 0.29) is 42.2 Å². The van der Waals surface area contributed by atoms with E-state index in [9.17, 15) is 14.4 Å². The summed E-state index contributed by atoms with van der Waals surface area (Å²) in [4.78, 5) is 49.3. The molecule has 11 N–H and O–H groups in total. The first-order chi connectivity index (χ1) is 26.1. The summed E-state index contributed by atoms with van der Waals surface area (Å²) in [6.45, 7) is 0.789. The van der Waals surface area contributed by atoms with Crippen molar-refractivity contribution in [3.8, 4) is 22.3 Å². The molecule has 0 heterocycles. The number of nitrogens with zero attached hydrogens (tertiary/aromatic N) is 2. The van der Waals surface area contributed by atoms with Gasteiger partial charge in [-0.15, -0.1) is 0 Å². The van der Waals surface area contributed by atoms with Gasteiger partial charge >= 0.3 is 0 Å². The Morgan fingerprint density at radius 1 is 0.556 bits per heavy atom. The van der Waals surface area contributed by atoms with Crippen LogP contribution in [0.15, 0.2) is 119 Å². The van der Waals surface area contributed by atoms with Gasteiger partial charge in [0, 0.05) is 31.8 Å². The number of unbranched alkanes of at least 4 members (excludes halogenated alkanes) is 2. The molecule has 4 aromatic carbocycles. The van der Waals surface area contributed by atoms with Gasteiger partial charge in [0.05, 0.1) is 12.1 Å². The molecule has 0 aromatic heterocycles. The first-order valence-corrected chi connectivity index (χ1v) is 18.6. The van der Waals surface area contributed by atoms with Gasteiger partial charge in [-0.05, 0) is 71.9 Å². The van der Waals surface area contributed by atoms with Crippen molar-refractivity contribution in [2.75, 3.05) is 13.1 Å². The molecule has 0 spiro atoms. The first kappa shape index (κ1) is 41.0. The van der Waals surface area contributed by atoms with Crippen molar-refractivity contribution >= 4 is 29.4 Å². The molecule has 0 saturated carbocycles. The number of ketones is 2. The maximum Gasteiger partial charge on any atom is 0.224 e. The Balaban J connectivity index is 1.46. The first-order valence-electron chi connectivity index (χ1n) is 18.6. The van der Waals surface area contributed by atoms with E-state index in [0.717, 1.165) is 46.2 Å². The molecule has 3 atom stereocenters. The Hall–Kier alpha value is -5.81. The number of benzene rings is 4. The summed E-state index contributed by atoms with van der Waals surface area (Å²) in [5, 5.41) is 3.02. The van der Waals surface area contributed by atoms with Crippen molar-refractivity contribution < 1.29 is 14.4 Å². The molecule has 4 aromatic rings. The highest BCUT2D eigenvalue weighted by Gasteiger charge is 2.29. The van der Waals surface area contributed by atoms with Crippen molar-refractivity contribution in [1.29, 1.82) is 0 Å². The van der Waals surface area contributed by atoms with E-state index in [1.54, 1.807) is 0 Å². The van der Waals surface area contributed by atoms with E-state index in [1.165, 1.54) is 0 Å². The molecule has 284 valence electrons. The lowest BCUT2D eigenvalue weighted by atomic mass is 9.90. The molecule has 0 aliphatic carbocycles. The predicted octanol–water partition coefficient (Wildman–Crippen LogP) is 4.65. The second kappa shape index (κ2) is 21.7. The molecule has 11 heteroatoms. The number of nitrogens with one attached hydrogen (secondary N) is 1. The number of nitrogens with two attached hydrogens (primary N) is 5. The number of carbonyl (C=O) groups is 3. The zero-order valence-electron chi connectivity index (χ0n) is 30.9. The molecule has 0 saturated heterocycles. The highest BCUT2D eigenvalue weighted by Crippen LogP contribution is 2.22. The van der Waals surface area contributed by atoms with Crippen LogP contribution in [0, 0.1) is 5.92 Å². The number of amides is 1. The summed E-state index contributed by atoms with van der Waals surface area (Å²) < 4.78 is 0. The number of Topliss-reactive ketones (excluding diaryl/α,β-unsaturated/α-hetero) is 2. The normalized spacial score (nSPS) is 12.5. The molecule has 0 unspecified atom stereocenters. The minimum Gasteiger partial charge on any atom is -0.370 e. The number of hydrogen-bond acceptors (Lipinski definition) is 6. The van der Waals surface area contributed by atoms with Crippen LogP contribution in [0.25, 0.3) is 22.3 Å². The summed E-state index contributed by atoms with van der Waals surface area (Å²) in [6.07, 6.45) is 3.76.